The highest BCUT2D eigenvalue weighted by atomic mass is 32.1. The van der Waals surface area contributed by atoms with Crippen molar-refractivity contribution in [3.05, 3.63) is 0 Å². The average molecular weight is 186 g/mol. The van der Waals surface area contributed by atoms with E-state index in [-0.39, 0.29) is 0 Å². The predicted octanol–water partition coefficient (Wildman–Crippen LogP) is 1.66. The highest BCUT2D eigenvalue weighted by Crippen LogP contribution is 2.33. The molecule has 2 N–H and O–H groups in total. The molecule has 0 heterocycles. The first-order chi connectivity index (χ1) is 5.52. The second-order valence-electron chi connectivity index (χ2n) is 4.29. The molecule has 1 aliphatic rings. The van der Waals surface area contributed by atoms with Gasteiger partial charge in [-0.1, -0.05) is 13.8 Å². The van der Waals surface area contributed by atoms with E-state index in [9.17, 15) is 0 Å². The Kier molecular flexibility index (Phi) is 2.94. The third-order valence-electron chi connectivity index (χ3n) is 2.09. The van der Waals surface area contributed by atoms with Crippen molar-refractivity contribution >= 4 is 17.3 Å². The van der Waals surface area contributed by atoms with Crippen LogP contribution < -0.4 is 10.6 Å². The molecule has 0 aromatic rings. The standard InChI is InChI=1S/C9H18N2S/c1-7(2)6-10-8(12)11-9(3)4-5-9/h7H,4-6H2,1-3H3,(H2,10,11,12). The lowest BCUT2D eigenvalue weighted by molar-refractivity contribution is 0.599. The fourth-order valence-corrected chi connectivity index (χ4v) is 1.26. The first-order valence-corrected chi connectivity index (χ1v) is 4.99. The maximum absolute atomic E-state index is 5.14. The Balaban J connectivity index is 2.12. The highest BCUT2D eigenvalue weighted by Gasteiger charge is 2.37. The topological polar surface area (TPSA) is 24.1 Å². The van der Waals surface area contributed by atoms with Crippen molar-refractivity contribution in [3.8, 4) is 0 Å². The second kappa shape index (κ2) is 3.60. The zero-order valence-corrected chi connectivity index (χ0v) is 8.92. The van der Waals surface area contributed by atoms with Crippen molar-refractivity contribution in [2.24, 2.45) is 5.92 Å². The Hall–Kier alpha value is -0.310. The molecule has 2 nitrogen and oxygen atoms in total. The van der Waals surface area contributed by atoms with Crippen LogP contribution in [-0.4, -0.2) is 17.2 Å². The maximum Gasteiger partial charge on any atom is 0.166 e. The molecule has 0 spiro atoms. The summed E-state index contributed by atoms with van der Waals surface area (Å²) in [7, 11) is 0. The Bertz CT molecular complexity index is 173. The molecule has 0 unspecified atom stereocenters. The fraction of sp³-hybridized carbons (Fsp3) is 0.889. The first-order valence-electron chi connectivity index (χ1n) is 4.58. The van der Waals surface area contributed by atoms with Crippen LogP contribution in [0.2, 0.25) is 0 Å². The van der Waals surface area contributed by atoms with E-state index in [0.29, 0.717) is 11.5 Å². The minimum atomic E-state index is 0.307. The summed E-state index contributed by atoms with van der Waals surface area (Å²) < 4.78 is 0. The zero-order valence-electron chi connectivity index (χ0n) is 8.11. The lowest BCUT2D eigenvalue weighted by Crippen LogP contribution is -2.43. The van der Waals surface area contributed by atoms with Crippen LogP contribution in [0.15, 0.2) is 0 Å². The summed E-state index contributed by atoms with van der Waals surface area (Å²) in [5, 5.41) is 7.31. The molecule has 12 heavy (non-hydrogen) atoms. The van der Waals surface area contributed by atoms with Crippen molar-refractivity contribution < 1.29 is 0 Å². The number of thiocarbonyl (C=S) groups is 1. The number of hydrogen-bond acceptors (Lipinski definition) is 1. The average Bonchev–Trinajstić information content (AvgIpc) is 2.64. The molecule has 1 rings (SSSR count). The molecule has 0 atom stereocenters. The van der Waals surface area contributed by atoms with Gasteiger partial charge in [-0.2, -0.15) is 0 Å². The summed E-state index contributed by atoms with van der Waals surface area (Å²) in [5.74, 6) is 0.650. The third kappa shape index (κ3) is 3.39. The van der Waals surface area contributed by atoms with Crippen LogP contribution in [0.3, 0.4) is 0 Å². The van der Waals surface area contributed by atoms with Gasteiger partial charge in [0.1, 0.15) is 0 Å². The molecule has 0 radical (unpaired) electrons. The third-order valence-corrected chi connectivity index (χ3v) is 2.33. The first kappa shape index (κ1) is 9.78. The lowest BCUT2D eigenvalue weighted by atomic mass is 10.2. The van der Waals surface area contributed by atoms with E-state index in [2.05, 4.69) is 31.4 Å². The van der Waals surface area contributed by atoms with E-state index in [1.54, 1.807) is 0 Å². The van der Waals surface area contributed by atoms with Gasteiger partial charge >= 0.3 is 0 Å². The van der Waals surface area contributed by atoms with E-state index in [1.807, 2.05) is 0 Å². The highest BCUT2D eigenvalue weighted by molar-refractivity contribution is 7.80. The van der Waals surface area contributed by atoms with E-state index < -0.39 is 0 Å². The number of rotatable bonds is 3. The normalized spacial score (nSPS) is 19.0. The molecule has 0 aromatic heterocycles. The van der Waals surface area contributed by atoms with Crippen LogP contribution in [0.25, 0.3) is 0 Å². The van der Waals surface area contributed by atoms with Crippen molar-refractivity contribution in [1.82, 2.24) is 10.6 Å². The molecule has 1 saturated carbocycles. The summed E-state index contributed by atoms with van der Waals surface area (Å²) in [6, 6.07) is 0. The molecule has 0 aliphatic heterocycles. The Morgan fingerprint density at radius 3 is 2.50 bits per heavy atom. The van der Waals surface area contributed by atoms with Crippen molar-refractivity contribution in [2.75, 3.05) is 6.54 Å². The van der Waals surface area contributed by atoms with Crippen LogP contribution in [0.5, 0.6) is 0 Å². The molecule has 3 heteroatoms. The van der Waals surface area contributed by atoms with Crippen LogP contribution in [0, 0.1) is 5.92 Å². The van der Waals surface area contributed by atoms with Gasteiger partial charge in [-0.15, -0.1) is 0 Å². The smallest absolute Gasteiger partial charge is 0.166 e. The van der Waals surface area contributed by atoms with Crippen molar-refractivity contribution in [3.63, 3.8) is 0 Å². The molecule has 0 bridgehead atoms. The van der Waals surface area contributed by atoms with Gasteiger partial charge in [-0.3, -0.25) is 0 Å². The van der Waals surface area contributed by atoms with E-state index in [1.165, 1.54) is 12.8 Å². The number of hydrogen-bond donors (Lipinski definition) is 2. The molecule has 1 fully saturated rings. The number of nitrogens with one attached hydrogen (secondary N) is 2. The molecule has 1 aliphatic carbocycles. The van der Waals surface area contributed by atoms with Gasteiger partial charge in [0.25, 0.3) is 0 Å². The van der Waals surface area contributed by atoms with Gasteiger partial charge in [0, 0.05) is 12.1 Å². The summed E-state index contributed by atoms with van der Waals surface area (Å²) in [5.41, 5.74) is 0.307. The van der Waals surface area contributed by atoms with Gasteiger partial charge in [0.05, 0.1) is 0 Å². The second-order valence-corrected chi connectivity index (χ2v) is 4.70. The summed E-state index contributed by atoms with van der Waals surface area (Å²) in [6.45, 7) is 7.52. The molecule has 70 valence electrons. The quantitative estimate of drug-likeness (QED) is 0.656. The minimum absolute atomic E-state index is 0.307. The van der Waals surface area contributed by atoms with Crippen molar-refractivity contribution in [1.29, 1.82) is 0 Å². The van der Waals surface area contributed by atoms with Crippen molar-refractivity contribution in [2.45, 2.75) is 39.2 Å². The Morgan fingerprint density at radius 1 is 1.50 bits per heavy atom. The summed E-state index contributed by atoms with van der Waals surface area (Å²) in [4.78, 5) is 0. The van der Waals surface area contributed by atoms with Gasteiger partial charge in [0.2, 0.25) is 0 Å². The van der Waals surface area contributed by atoms with E-state index in [0.717, 1.165) is 11.7 Å². The zero-order chi connectivity index (χ0) is 9.19. The summed E-state index contributed by atoms with van der Waals surface area (Å²) in [6.07, 6.45) is 2.49. The SMILES string of the molecule is CC(C)CNC(=S)NC1(C)CC1. The summed E-state index contributed by atoms with van der Waals surface area (Å²) >= 11 is 5.14. The van der Waals surface area contributed by atoms with Gasteiger partial charge in [-0.05, 0) is 37.9 Å². The fourth-order valence-electron chi connectivity index (χ4n) is 0.928. The van der Waals surface area contributed by atoms with Gasteiger partial charge in [-0.25, -0.2) is 0 Å². The van der Waals surface area contributed by atoms with Gasteiger partial charge < -0.3 is 10.6 Å². The van der Waals surface area contributed by atoms with Crippen LogP contribution >= 0.6 is 12.2 Å². The monoisotopic (exact) mass is 186 g/mol. The Labute approximate surface area is 80.1 Å². The predicted molar refractivity (Wildman–Crippen MR) is 56.2 cm³/mol. The largest absolute Gasteiger partial charge is 0.362 e. The molecule has 0 aromatic carbocycles. The molecule has 0 amide bonds. The van der Waals surface area contributed by atoms with Crippen LogP contribution in [-0.2, 0) is 0 Å². The van der Waals surface area contributed by atoms with Gasteiger partial charge in [0.15, 0.2) is 5.11 Å². The molecular formula is C9H18N2S. The molecular weight excluding hydrogens is 168 g/mol. The van der Waals surface area contributed by atoms with Crippen LogP contribution in [0.4, 0.5) is 0 Å². The van der Waals surface area contributed by atoms with Crippen LogP contribution in [0.1, 0.15) is 33.6 Å². The van der Waals surface area contributed by atoms with E-state index in [4.69, 9.17) is 12.2 Å². The Morgan fingerprint density at radius 2 is 2.08 bits per heavy atom. The molecule has 0 saturated heterocycles. The lowest BCUT2D eigenvalue weighted by Gasteiger charge is -2.16. The minimum Gasteiger partial charge on any atom is -0.362 e. The van der Waals surface area contributed by atoms with E-state index >= 15 is 0 Å². The maximum atomic E-state index is 5.14.